The van der Waals surface area contributed by atoms with Crippen LogP contribution < -0.4 is 10.1 Å². The third-order valence-corrected chi connectivity index (χ3v) is 6.03. The topological polar surface area (TPSA) is 89.4 Å². The van der Waals surface area contributed by atoms with Gasteiger partial charge in [-0.2, -0.15) is 0 Å². The number of amides is 3. The predicted molar refractivity (Wildman–Crippen MR) is 123 cm³/mol. The molecule has 32 heavy (non-hydrogen) atoms. The molecule has 0 aliphatic carbocycles. The summed E-state index contributed by atoms with van der Waals surface area (Å²) in [5, 5.41) is 12.2. The average Bonchev–Trinajstić information content (AvgIpc) is 3.35. The van der Waals surface area contributed by atoms with Crippen molar-refractivity contribution in [2.24, 2.45) is 0 Å². The number of imide groups is 1. The summed E-state index contributed by atoms with van der Waals surface area (Å²) in [6.45, 7) is 5.08. The zero-order valence-electron chi connectivity index (χ0n) is 18.1. The van der Waals surface area contributed by atoms with E-state index in [9.17, 15) is 9.59 Å². The Kier molecular flexibility index (Phi) is 6.75. The Morgan fingerprint density at radius 2 is 1.94 bits per heavy atom. The Morgan fingerprint density at radius 3 is 2.62 bits per heavy atom. The SMILES string of the molecule is CCOc1ccc(-n2c(SCCCN3C(=O)CNC3=O)nnc2-c2cccc(C)c2)cc1. The highest BCUT2D eigenvalue weighted by atomic mass is 32.2. The maximum absolute atomic E-state index is 11.7. The minimum Gasteiger partial charge on any atom is -0.494 e. The molecule has 0 saturated carbocycles. The molecule has 1 saturated heterocycles. The molecule has 8 nitrogen and oxygen atoms in total. The van der Waals surface area contributed by atoms with Crippen LogP contribution in [-0.4, -0.2) is 57.1 Å². The monoisotopic (exact) mass is 451 g/mol. The minimum atomic E-state index is -0.320. The fraction of sp³-hybridized carbons (Fsp3) is 0.304. The Morgan fingerprint density at radius 1 is 1.12 bits per heavy atom. The molecule has 4 rings (SSSR count). The summed E-state index contributed by atoms with van der Waals surface area (Å²) >= 11 is 1.55. The fourth-order valence-electron chi connectivity index (χ4n) is 3.49. The van der Waals surface area contributed by atoms with Crippen LogP contribution >= 0.6 is 11.8 Å². The number of nitrogens with zero attached hydrogens (tertiary/aromatic N) is 4. The molecule has 9 heteroatoms. The van der Waals surface area contributed by atoms with Crippen molar-refractivity contribution in [2.45, 2.75) is 25.4 Å². The van der Waals surface area contributed by atoms with Gasteiger partial charge >= 0.3 is 6.03 Å². The van der Waals surface area contributed by atoms with E-state index in [1.165, 1.54) is 4.90 Å². The van der Waals surface area contributed by atoms with Crippen LogP contribution in [0.4, 0.5) is 4.79 Å². The first-order chi connectivity index (χ1) is 15.6. The number of benzene rings is 2. The van der Waals surface area contributed by atoms with Gasteiger partial charge in [-0.25, -0.2) is 4.79 Å². The summed E-state index contributed by atoms with van der Waals surface area (Å²) in [7, 11) is 0. The van der Waals surface area contributed by atoms with Gasteiger partial charge in [0.05, 0.1) is 13.2 Å². The van der Waals surface area contributed by atoms with E-state index in [2.05, 4.69) is 21.6 Å². The largest absolute Gasteiger partial charge is 0.494 e. The van der Waals surface area contributed by atoms with Gasteiger partial charge in [0.15, 0.2) is 11.0 Å². The van der Waals surface area contributed by atoms with Crippen LogP contribution in [0.25, 0.3) is 17.1 Å². The van der Waals surface area contributed by atoms with Crippen LogP contribution in [-0.2, 0) is 4.79 Å². The zero-order chi connectivity index (χ0) is 22.5. The van der Waals surface area contributed by atoms with E-state index in [0.717, 1.165) is 33.5 Å². The molecule has 1 fully saturated rings. The summed E-state index contributed by atoms with van der Waals surface area (Å²) in [6.07, 6.45) is 0.666. The van der Waals surface area contributed by atoms with E-state index in [0.29, 0.717) is 25.3 Å². The minimum absolute atomic E-state index is 0.0812. The lowest BCUT2D eigenvalue weighted by Gasteiger charge is -2.13. The first-order valence-corrected chi connectivity index (χ1v) is 11.5. The van der Waals surface area contributed by atoms with Crippen molar-refractivity contribution in [2.75, 3.05) is 25.4 Å². The Labute approximate surface area is 191 Å². The highest BCUT2D eigenvalue weighted by Gasteiger charge is 2.27. The van der Waals surface area contributed by atoms with Gasteiger partial charge in [-0.3, -0.25) is 14.3 Å². The second-order valence-electron chi connectivity index (χ2n) is 7.34. The molecule has 1 aromatic heterocycles. The molecule has 1 aliphatic rings. The number of urea groups is 1. The summed E-state index contributed by atoms with van der Waals surface area (Å²) in [4.78, 5) is 24.7. The fourth-order valence-corrected chi connectivity index (χ4v) is 4.37. The van der Waals surface area contributed by atoms with Crippen molar-refractivity contribution in [3.05, 3.63) is 54.1 Å². The predicted octanol–water partition coefficient (Wildman–Crippen LogP) is 3.68. The number of nitrogens with one attached hydrogen (secondary N) is 1. The number of rotatable bonds is 9. The highest BCUT2D eigenvalue weighted by molar-refractivity contribution is 7.99. The first-order valence-electron chi connectivity index (χ1n) is 10.5. The third-order valence-electron chi connectivity index (χ3n) is 5.01. The molecule has 0 unspecified atom stereocenters. The normalized spacial score (nSPS) is 13.5. The Hall–Kier alpha value is -3.33. The molecule has 2 aromatic carbocycles. The van der Waals surface area contributed by atoms with E-state index in [-0.39, 0.29) is 18.5 Å². The summed E-state index contributed by atoms with van der Waals surface area (Å²) < 4.78 is 7.60. The molecular formula is C23H25N5O3S. The van der Waals surface area contributed by atoms with Crippen molar-refractivity contribution in [1.82, 2.24) is 25.0 Å². The van der Waals surface area contributed by atoms with Crippen molar-refractivity contribution in [3.8, 4) is 22.8 Å². The molecule has 1 aliphatic heterocycles. The van der Waals surface area contributed by atoms with Crippen LogP contribution in [0.15, 0.2) is 53.7 Å². The Bertz CT molecular complexity index is 1100. The van der Waals surface area contributed by atoms with E-state index in [1.807, 2.05) is 60.9 Å². The molecule has 0 radical (unpaired) electrons. The quantitative estimate of drug-likeness (QED) is 0.303. The van der Waals surface area contributed by atoms with Crippen LogP contribution in [0, 0.1) is 6.92 Å². The summed E-state index contributed by atoms with van der Waals surface area (Å²) in [6, 6.07) is 15.7. The molecule has 1 N–H and O–H groups in total. The first kappa shape index (κ1) is 21.9. The average molecular weight is 452 g/mol. The number of hydrogen-bond acceptors (Lipinski definition) is 6. The van der Waals surface area contributed by atoms with E-state index in [1.54, 1.807) is 11.8 Å². The molecule has 0 spiro atoms. The molecule has 2 heterocycles. The maximum atomic E-state index is 11.7. The van der Waals surface area contributed by atoms with Crippen molar-refractivity contribution in [3.63, 3.8) is 0 Å². The number of hydrogen-bond donors (Lipinski definition) is 1. The number of thioether (sulfide) groups is 1. The number of aromatic nitrogens is 3. The van der Waals surface area contributed by atoms with E-state index >= 15 is 0 Å². The molecule has 166 valence electrons. The van der Waals surface area contributed by atoms with Gasteiger partial charge in [-0.05, 0) is 50.6 Å². The van der Waals surface area contributed by atoms with Crippen LogP contribution in [0.2, 0.25) is 0 Å². The van der Waals surface area contributed by atoms with Gasteiger partial charge in [-0.1, -0.05) is 35.5 Å². The molecule has 0 atom stereocenters. The number of ether oxygens (including phenoxy) is 1. The number of aryl methyl sites for hydroxylation is 1. The van der Waals surface area contributed by atoms with Gasteiger partial charge in [0.25, 0.3) is 0 Å². The Balaban J connectivity index is 1.56. The van der Waals surface area contributed by atoms with Crippen molar-refractivity contribution >= 4 is 23.7 Å². The van der Waals surface area contributed by atoms with E-state index in [4.69, 9.17) is 4.74 Å². The van der Waals surface area contributed by atoms with Crippen molar-refractivity contribution in [1.29, 1.82) is 0 Å². The van der Waals surface area contributed by atoms with Crippen molar-refractivity contribution < 1.29 is 14.3 Å². The van der Waals surface area contributed by atoms with Gasteiger partial charge in [0.1, 0.15) is 5.75 Å². The van der Waals surface area contributed by atoms with Gasteiger partial charge in [0.2, 0.25) is 5.91 Å². The van der Waals surface area contributed by atoms with E-state index < -0.39 is 0 Å². The second-order valence-corrected chi connectivity index (χ2v) is 8.41. The third kappa shape index (κ3) is 4.77. The van der Waals surface area contributed by atoms with Crippen LogP contribution in [0.3, 0.4) is 0 Å². The maximum Gasteiger partial charge on any atom is 0.324 e. The molecular weight excluding hydrogens is 426 g/mol. The zero-order valence-corrected chi connectivity index (χ0v) is 18.9. The molecule has 3 amide bonds. The number of carbonyl (C=O) groups is 2. The van der Waals surface area contributed by atoms with Crippen LogP contribution in [0.5, 0.6) is 5.75 Å². The highest BCUT2D eigenvalue weighted by Crippen LogP contribution is 2.29. The van der Waals surface area contributed by atoms with Gasteiger partial charge in [-0.15, -0.1) is 10.2 Å². The second kappa shape index (κ2) is 9.86. The van der Waals surface area contributed by atoms with Crippen LogP contribution in [0.1, 0.15) is 18.9 Å². The van der Waals surface area contributed by atoms with Gasteiger partial charge in [0, 0.05) is 23.5 Å². The molecule has 0 bridgehead atoms. The summed E-state index contributed by atoms with van der Waals surface area (Å²) in [5.74, 6) is 2.08. The lowest BCUT2D eigenvalue weighted by molar-refractivity contribution is -0.124. The smallest absolute Gasteiger partial charge is 0.324 e. The summed E-state index contributed by atoms with van der Waals surface area (Å²) in [5.41, 5.74) is 3.07. The van der Waals surface area contributed by atoms with Gasteiger partial charge < -0.3 is 10.1 Å². The standard InChI is InChI=1S/C23H25N5O3S/c1-3-31-19-10-8-18(9-11-19)28-21(17-7-4-6-16(2)14-17)25-26-23(28)32-13-5-12-27-20(29)15-24-22(27)30/h4,6-11,14H,3,5,12-13,15H2,1-2H3,(H,24,30). The lowest BCUT2D eigenvalue weighted by atomic mass is 10.1. The molecule has 3 aromatic rings. The number of carbonyl (C=O) groups excluding carboxylic acids is 2. The lowest BCUT2D eigenvalue weighted by Crippen LogP contribution is -2.32.